The first-order valence-electron chi connectivity index (χ1n) is 4.26. The second-order valence-electron chi connectivity index (χ2n) is 3.29. The Morgan fingerprint density at radius 3 is 3.00 bits per heavy atom. The zero-order valence-corrected chi connectivity index (χ0v) is 11.0. The first-order valence-corrected chi connectivity index (χ1v) is 6.70. The van der Waals surface area contributed by atoms with Crippen LogP contribution in [0.5, 0.6) is 0 Å². The molecular weight excluding hydrogens is 241 g/mol. The van der Waals surface area contributed by atoms with E-state index in [-0.39, 0.29) is 6.10 Å². The van der Waals surface area contributed by atoms with Gasteiger partial charge in [0, 0.05) is 0 Å². The molecule has 0 radical (unpaired) electrons. The minimum atomic E-state index is -0.491. The molecule has 7 heteroatoms. The summed E-state index contributed by atoms with van der Waals surface area (Å²) in [5, 5.41) is 0. The minimum absolute atomic E-state index is 0.0732. The van der Waals surface area contributed by atoms with Gasteiger partial charge in [-0.05, 0) is 0 Å². The molecule has 14 heavy (non-hydrogen) atoms. The summed E-state index contributed by atoms with van der Waals surface area (Å²) in [4.78, 5) is 0. The predicted molar refractivity (Wildman–Crippen MR) is 59.6 cm³/mol. The van der Waals surface area contributed by atoms with Crippen LogP contribution in [0.4, 0.5) is 0 Å². The molecule has 3 unspecified atom stereocenters. The van der Waals surface area contributed by atoms with Gasteiger partial charge in [0.05, 0.1) is 0 Å². The molecule has 1 aliphatic heterocycles. The van der Waals surface area contributed by atoms with Crippen LogP contribution in [0.3, 0.4) is 0 Å². The molecule has 0 spiro atoms. The van der Waals surface area contributed by atoms with Gasteiger partial charge >= 0.3 is 89.3 Å². The van der Waals surface area contributed by atoms with E-state index >= 15 is 0 Å². The Hall–Kier alpha value is 1.13. The fraction of sp³-hybridized carbons (Fsp3) is 1.00. The van der Waals surface area contributed by atoms with Crippen LogP contribution >= 0.6 is 25.7 Å². The number of rotatable bonds is 4. The van der Waals surface area contributed by atoms with Crippen molar-refractivity contribution < 1.29 is 18.5 Å². The molecule has 1 heterocycles. The fourth-order valence-electron chi connectivity index (χ4n) is 1.40. The Labute approximate surface area is 89.8 Å². The van der Waals surface area contributed by atoms with Crippen LogP contribution in [0, 0.1) is 0 Å². The summed E-state index contributed by atoms with van der Waals surface area (Å²) in [6.45, 7) is 3.95. The second-order valence-corrected chi connectivity index (χ2v) is 4.54. The third kappa shape index (κ3) is 3.94. The summed E-state index contributed by atoms with van der Waals surface area (Å²) in [5.74, 6) is 0. The van der Waals surface area contributed by atoms with E-state index in [1.54, 1.807) is 0 Å². The zero-order chi connectivity index (χ0) is 10.4. The van der Waals surface area contributed by atoms with Crippen LogP contribution in [0.2, 0.25) is 0 Å². The molecule has 1 fully saturated rings. The van der Waals surface area contributed by atoms with Gasteiger partial charge in [-0.2, -0.15) is 0 Å². The molecule has 3 atom stereocenters. The van der Waals surface area contributed by atoms with Crippen LogP contribution < -0.4 is 0 Å². The quantitative estimate of drug-likeness (QED) is 0.721. The molecule has 0 bridgehead atoms. The van der Waals surface area contributed by atoms with Gasteiger partial charge in [-0.1, -0.05) is 0 Å². The van der Waals surface area contributed by atoms with Gasteiger partial charge in [-0.15, -0.1) is 0 Å². The molecule has 0 aromatic heterocycles. The van der Waals surface area contributed by atoms with Crippen molar-refractivity contribution in [2.24, 2.45) is 0 Å². The summed E-state index contributed by atoms with van der Waals surface area (Å²) in [6.07, 6.45) is 0.0732. The summed E-state index contributed by atoms with van der Waals surface area (Å²) < 4.78 is 21.5. The Kier molecular flexibility index (Phi) is 6.27. The van der Waals surface area contributed by atoms with E-state index in [4.69, 9.17) is 18.5 Å². The fourth-order valence-corrected chi connectivity index (χ4v) is 2.17. The first kappa shape index (κ1) is 13.2. The van der Waals surface area contributed by atoms with Gasteiger partial charge in [0.2, 0.25) is 0 Å². The Balaban J connectivity index is 2.55. The Bertz CT molecular complexity index is 215. The van der Waals surface area contributed by atoms with Crippen LogP contribution in [0.25, 0.3) is 0 Å². The average Bonchev–Trinajstić information content (AvgIpc) is 2.15. The van der Waals surface area contributed by atoms with Crippen molar-refractivity contribution in [2.75, 3.05) is 26.4 Å². The molecule has 0 aromatic rings. The molecule has 1 aliphatic rings. The SMILES string of the molecule is CC1COCC(COP)(CO[P+]#P)O1. The van der Waals surface area contributed by atoms with E-state index in [1.165, 1.54) is 0 Å². The third-order valence-electron chi connectivity index (χ3n) is 1.90. The zero-order valence-electron chi connectivity index (χ0n) is 8.01. The number of hydrogen-bond acceptors (Lipinski definition) is 4. The van der Waals surface area contributed by atoms with E-state index in [9.17, 15) is 0 Å². The van der Waals surface area contributed by atoms with E-state index in [0.717, 1.165) is 0 Å². The van der Waals surface area contributed by atoms with Crippen LogP contribution in [-0.2, 0) is 18.5 Å². The molecule has 1 rings (SSSR count). The van der Waals surface area contributed by atoms with Crippen molar-refractivity contribution in [3.63, 3.8) is 0 Å². The normalized spacial score (nSPS) is 32.8. The second kappa shape index (κ2) is 6.66. The van der Waals surface area contributed by atoms with Gasteiger partial charge in [0.15, 0.2) is 0 Å². The van der Waals surface area contributed by atoms with Crippen molar-refractivity contribution in [1.82, 2.24) is 0 Å². The van der Waals surface area contributed by atoms with Gasteiger partial charge in [-0.25, -0.2) is 0 Å². The standard InChI is InChI=1S/C7H14O4P3/c1-6-2-8-3-7(11-6,4-9-12)5-10-14-13/h6H,2-5,12H2,1H3/q+1. The monoisotopic (exact) mass is 255 g/mol. The molecule has 0 aliphatic carbocycles. The number of ether oxygens (including phenoxy) is 2. The van der Waals surface area contributed by atoms with Gasteiger partial charge in [-0.3, -0.25) is 0 Å². The van der Waals surface area contributed by atoms with Crippen molar-refractivity contribution >= 4 is 25.7 Å². The summed E-state index contributed by atoms with van der Waals surface area (Å²) in [7, 11) is 6.75. The molecular formula is C7H14O4P3+. The molecule has 80 valence electrons. The molecule has 4 nitrogen and oxygen atoms in total. The van der Waals surface area contributed by atoms with Crippen molar-refractivity contribution in [2.45, 2.75) is 18.6 Å². The van der Waals surface area contributed by atoms with Crippen molar-refractivity contribution in [3.8, 4) is 0 Å². The van der Waals surface area contributed by atoms with Crippen LogP contribution in [0.15, 0.2) is 0 Å². The van der Waals surface area contributed by atoms with E-state index in [1.807, 2.05) is 6.92 Å². The van der Waals surface area contributed by atoms with Crippen LogP contribution in [0.1, 0.15) is 6.92 Å². The molecule has 0 N–H and O–H groups in total. The summed E-state index contributed by atoms with van der Waals surface area (Å²) in [6, 6.07) is 0. The summed E-state index contributed by atoms with van der Waals surface area (Å²) >= 11 is 0. The van der Waals surface area contributed by atoms with Gasteiger partial charge in [0.25, 0.3) is 0 Å². The topological polar surface area (TPSA) is 36.9 Å². The van der Waals surface area contributed by atoms with Gasteiger partial charge in [0.1, 0.15) is 0 Å². The van der Waals surface area contributed by atoms with Crippen LogP contribution in [-0.4, -0.2) is 38.1 Å². The van der Waals surface area contributed by atoms with Crippen molar-refractivity contribution in [1.29, 1.82) is 0 Å². The van der Waals surface area contributed by atoms with Gasteiger partial charge < -0.3 is 0 Å². The molecule has 0 saturated carbocycles. The summed E-state index contributed by atoms with van der Waals surface area (Å²) in [5.41, 5.74) is -0.491. The predicted octanol–water partition coefficient (Wildman–Crippen LogP) is 2.17. The molecule has 0 amide bonds. The van der Waals surface area contributed by atoms with E-state index in [2.05, 4.69) is 17.8 Å². The van der Waals surface area contributed by atoms with Crippen molar-refractivity contribution in [3.05, 3.63) is 0 Å². The third-order valence-corrected chi connectivity index (χ3v) is 2.66. The molecule has 1 saturated heterocycles. The maximum atomic E-state index is 5.79. The average molecular weight is 255 g/mol. The Morgan fingerprint density at radius 2 is 2.43 bits per heavy atom. The van der Waals surface area contributed by atoms with E-state index < -0.39 is 5.60 Å². The van der Waals surface area contributed by atoms with E-state index in [0.29, 0.717) is 34.3 Å². The Morgan fingerprint density at radius 1 is 1.64 bits per heavy atom. The number of hydrogen-bond donors (Lipinski definition) is 0. The first-order chi connectivity index (χ1) is 6.72. The molecule has 0 aromatic carbocycles. The maximum absolute atomic E-state index is 5.79.